The molecule has 0 aliphatic rings. The Labute approximate surface area is 76.1 Å². The number of rotatable bonds is 4. The monoisotopic (exact) mass is 165 g/mol. The Morgan fingerprint density at radius 1 is 1.42 bits per heavy atom. The molecule has 68 valence electrons. The van der Waals surface area contributed by atoms with Crippen molar-refractivity contribution in [2.24, 2.45) is 5.41 Å². The summed E-state index contributed by atoms with van der Waals surface area (Å²) in [4.78, 5) is 0. The maximum absolute atomic E-state index is 8.33. The quantitative estimate of drug-likeness (QED) is 0.460. The topological polar surface area (TPSA) is 23.8 Å². The third kappa shape index (κ3) is 7.34. The summed E-state index contributed by atoms with van der Waals surface area (Å²) < 4.78 is 0. The molecule has 0 amide bonds. The standard InChI is InChI=1S/C11H19N/c1-10(7-5-6-8-12)9-11(2,3)4/h1,5-7,9H2,2-4H3. The Balaban J connectivity index is 3.56. The average molecular weight is 165 g/mol. The summed E-state index contributed by atoms with van der Waals surface area (Å²) in [5.74, 6) is 0. The fourth-order valence-corrected chi connectivity index (χ4v) is 1.26. The van der Waals surface area contributed by atoms with Crippen LogP contribution in [0.4, 0.5) is 0 Å². The van der Waals surface area contributed by atoms with Gasteiger partial charge in [0.25, 0.3) is 0 Å². The first-order valence-electron chi connectivity index (χ1n) is 4.49. The van der Waals surface area contributed by atoms with Crippen LogP contribution in [0.2, 0.25) is 0 Å². The van der Waals surface area contributed by atoms with E-state index in [1.807, 2.05) is 0 Å². The molecule has 0 radical (unpaired) electrons. The molecule has 0 rings (SSSR count). The minimum absolute atomic E-state index is 0.337. The summed E-state index contributed by atoms with van der Waals surface area (Å²) in [6.45, 7) is 10.6. The van der Waals surface area contributed by atoms with Crippen molar-refractivity contribution in [3.63, 3.8) is 0 Å². The first kappa shape index (κ1) is 11.2. The smallest absolute Gasteiger partial charge is 0.0621 e. The van der Waals surface area contributed by atoms with Gasteiger partial charge in [-0.25, -0.2) is 0 Å². The van der Waals surface area contributed by atoms with Crippen LogP contribution in [0, 0.1) is 16.7 Å². The fourth-order valence-electron chi connectivity index (χ4n) is 1.26. The van der Waals surface area contributed by atoms with Gasteiger partial charge in [0.1, 0.15) is 0 Å². The van der Waals surface area contributed by atoms with Gasteiger partial charge in [-0.3, -0.25) is 0 Å². The minimum Gasteiger partial charge on any atom is -0.198 e. The van der Waals surface area contributed by atoms with Crippen molar-refractivity contribution < 1.29 is 0 Å². The lowest BCUT2D eigenvalue weighted by atomic mass is 9.87. The second-order valence-corrected chi connectivity index (χ2v) is 4.50. The zero-order valence-electron chi connectivity index (χ0n) is 8.48. The molecule has 0 aliphatic carbocycles. The summed E-state index contributed by atoms with van der Waals surface area (Å²) in [7, 11) is 0. The molecule has 1 heteroatoms. The van der Waals surface area contributed by atoms with E-state index in [1.165, 1.54) is 5.57 Å². The van der Waals surface area contributed by atoms with Crippen LogP contribution in [-0.4, -0.2) is 0 Å². The molecule has 0 spiro atoms. The van der Waals surface area contributed by atoms with Gasteiger partial charge in [0, 0.05) is 6.42 Å². The molecule has 0 aliphatic heterocycles. The molecule has 1 nitrogen and oxygen atoms in total. The molecular formula is C11H19N. The molecule has 0 unspecified atom stereocenters. The summed E-state index contributed by atoms with van der Waals surface area (Å²) in [5, 5.41) is 8.33. The Kier molecular flexibility index (Phi) is 4.66. The van der Waals surface area contributed by atoms with E-state index in [1.54, 1.807) is 0 Å². The van der Waals surface area contributed by atoms with Crippen LogP contribution in [0.25, 0.3) is 0 Å². The minimum atomic E-state index is 0.337. The molecule has 0 saturated carbocycles. The Bertz CT molecular complexity index is 178. The van der Waals surface area contributed by atoms with Crippen molar-refractivity contribution in [3.05, 3.63) is 12.2 Å². The van der Waals surface area contributed by atoms with E-state index in [2.05, 4.69) is 33.4 Å². The van der Waals surface area contributed by atoms with Gasteiger partial charge in [-0.05, 0) is 24.7 Å². The molecule has 0 aromatic carbocycles. The molecular weight excluding hydrogens is 146 g/mol. The maximum atomic E-state index is 8.33. The van der Waals surface area contributed by atoms with Crippen molar-refractivity contribution in [3.8, 4) is 6.07 Å². The number of hydrogen-bond donors (Lipinski definition) is 0. The Morgan fingerprint density at radius 3 is 2.42 bits per heavy atom. The third-order valence-electron chi connectivity index (χ3n) is 1.60. The third-order valence-corrected chi connectivity index (χ3v) is 1.60. The largest absolute Gasteiger partial charge is 0.198 e. The summed E-state index contributed by atoms with van der Waals surface area (Å²) in [6.07, 6.45) is 3.69. The van der Waals surface area contributed by atoms with Crippen molar-refractivity contribution in [2.45, 2.75) is 46.5 Å². The number of nitriles is 1. The van der Waals surface area contributed by atoms with Crippen molar-refractivity contribution in [1.29, 1.82) is 5.26 Å². The number of allylic oxidation sites excluding steroid dienone is 1. The molecule has 0 atom stereocenters. The van der Waals surface area contributed by atoms with Gasteiger partial charge in [-0.2, -0.15) is 5.26 Å². The normalized spacial score (nSPS) is 10.8. The Morgan fingerprint density at radius 2 is 2.00 bits per heavy atom. The number of unbranched alkanes of at least 4 members (excludes halogenated alkanes) is 1. The fraction of sp³-hybridized carbons (Fsp3) is 0.727. The molecule has 0 heterocycles. The summed E-state index contributed by atoms with van der Waals surface area (Å²) in [5.41, 5.74) is 1.61. The van der Waals surface area contributed by atoms with E-state index in [9.17, 15) is 0 Å². The lowest BCUT2D eigenvalue weighted by Crippen LogP contribution is -2.05. The second kappa shape index (κ2) is 4.98. The van der Waals surface area contributed by atoms with E-state index in [4.69, 9.17) is 5.26 Å². The zero-order valence-corrected chi connectivity index (χ0v) is 8.48. The van der Waals surface area contributed by atoms with Crippen molar-refractivity contribution in [2.75, 3.05) is 0 Å². The first-order chi connectivity index (χ1) is 5.45. The van der Waals surface area contributed by atoms with Crippen LogP contribution < -0.4 is 0 Å². The zero-order chi connectivity index (χ0) is 9.61. The predicted molar refractivity (Wildman–Crippen MR) is 52.7 cm³/mol. The van der Waals surface area contributed by atoms with Crippen molar-refractivity contribution in [1.82, 2.24) is 0 Å². The van der Waals surface area contributed by atoms with Gasteiger partial charge in [0.05, 0.1) is 6.07 Å². The SMILES string of the molecule is C=C(CCCC#N)CC(C)(C)C. The highest BCUT2D eigenvalue weighted by atomic mass is 14.2. The van der Waals surface area contributed by atoms with E-state index in [0.29, 0.717) is 11.8 Å². The van der Waals surface area contributed by atoms with Gasteiger partial charge in [0.2, 0.25) is 0 Å². The van der Waals surface area contributed by atoms with E-state index in [0.717, 1.165) is 19.3 Å². The molecule has 12 heavy (non-hydrogen) atoms. The van der Waals surface area contributed by atoms with Crippen LogP contribution in [0.1, 0.15) is 46.5 Å². The maximum Gasteiger partial charge on any atom is 0.0621 e. The first-order valence-corrected chi connectivity index (χ1v) is 4.49. The highest BCUT2D eigenvalue weighted by molar-refractivity contribution is 4.97. The summed E-state index contributed by atoms with van der Waals surface area (Å²) >= 11 is 0. The average Bonchev–Trinajstić information content (AvgIpc) is 1.84. The second-order valence-electron chi connectivity index (χ2n) is 4.50. The molecule has 0 aromatic rings. The highest BCUT2D eigenvalue weighted by Gasteiger charge is 2.11. The van der Waals surface area contributed by atoms with Gasteiger partial charge >= 0.3 is 0 Å². The molecule has 0 aromatic heterocycles. The lowest BCUT2D eigenvalue weighted by molar-refractivity contribution is 0.404. The van der Waals surface area contributed by atoms with E-state index >= 15 is 0 Å². The molecule has 0 bridgehead atoms. The van der Waals surface area contributed by atoms with E-state index < -0.39 is 0 Å². The highest BCUT2D eigenvalue weighted by Crippen LogP contribution is 2.25. The Hall–Kier alpha value is -0.770. The summed E-state index contributed by atoms with van der Waals surface area (Å²) in [6, 6.07) is 2.14. The van der Waals surface area contributed by atoms with Crippen molar-refractivity contribution >= 4 is 0 Å². The van der Waals surface area contributed by atoms with Crippen LogP contribution in [0.15, 0.2) is 12.2 Å². The van der Waals surface area contributed by atoms with Gasteiger partial charge in [-0.1, -0.05) is 32.9 Å². The number of nitrogens with zero attached hydrogens (tertiary/aromatic N) is 1. The van der Waals surface area contributed by atoms with Crippen LogP contribution in [-0.2, 0) is 0 Å². The van der Waals surface area contributed by atoms with Gasteiger partial charge in [0.15, 0.2) is 0 Å². The molecule has 0 fully saturated rings. The van der Waals surface area contributed by atoms with E-state index in [-0.39, 0.29) is 0 Å². The van der Waals surface area contributed by atoms with Crippen LogP contribution in [0.5, 0.6) is 0 Å². The van der Waals surface area contributed by atoms with Crippen LogP contribution in [0.3, 0.4) is 0 Å². The van der Waals surface area contributed by atoms with Gasteiger partial charge in [-0.15, -0.1) is 0 Å². The molecule has 0 saturated heterocycles. The van der Waals surface area contributed by atoms with Gasteiger partial charge < -0.3 is 0 Å². The molecule has 0 N–H and O–H groups in total. The van der Waals surface area contributed by atoms with Crippen LogP contribution >= 0.6 is 0 Å². The predicted octanol–water partition coefficient (Wildman–Crippen LogP) is 3.67. The number of hydrogen-bond acceptors (Lipinski definition) is 1. The lowest BCUT2D eigenvalue weighted by Gasteiger charge is -2.19.